The Labute approximate surface area is 118 Å². The van der Waals surface area contributed by atoms with Crippen LogP contribution in [0.4, 0.5) is 0 Å². The number of carbonyl (C=O) groups excluding carboxylic acids is 1. The first-order chi connectivity index (χ1) is 8.91. The predicted octanol–water partition coefficient (Wildman–Crippen LogP) is 2.42. The summed E-state index contributed by atoms with van der Waals surface area (Å²) in [4.78, 5) is 13.0. The standard InChI is InChI=1S/C15H23NO2S/c1-12-7-5-8-13(2)14(12)11-19(18)10-6-9-15(17)16(3)4/h5,7-8H,6,9-11H2,1-4H3. The van der Waals surface area contributed by atoms with Crippen LogP contribution in [0.25, 0.3) is 0 Å². The summed E-state index contributed by atoms with van der Waals surface area (Å²) >= 11 is 0. The fraction of sp³-hybridized carbons (Fsp3) is 0.533. The van der Waals surface area contributed by atoms with E-state index in [4.69, 9.17) is 0 Å². The third-order valence-corrected chi connectivity index (χ3v) is 4.57. The summed E-state index contributed by atoms with van der Waals surface area (Å²) in [6, 6.07) is 6.12. The summed E-state index contributed by atoms with van der Waals surface area (Å²) in [5, 5.41) is 0. The Bertz CT molecular complexity index is 449. The molecule has 3 nitrogen and oxygen atoms in total. The minimum absolute atomic E-state index is 0.101. The lowest BCUT2D eigenvalue weighted by atomic mass is 10.1. The molecule has 1 unspecified atom stereocenters. The van der Waals surface area contributed by atoms with Crippen molar-refractivity contribution in [2.24, 2.45) is 0 Å². The van der Waals surface area contributed by atoms with Crippen molar-refractivity contribution in [1.29, 1.82) is 0 Å². The first-order valence-electron chi connectivity index (χ1n) is 6.52. The van der Waals surface area contributed by atoms with Gasteiger partial charge in [-0.3, -0.25) is 9.00 Å². The number of carbonyl (C=O) groups is 1. The first kappa shape index (κ1) is 15.9. The largest absolute Gasteiger partial charge is 0.349 e. The molecular weight excluding hydrogens is 258 g/mol. The van der Waals surface area contributed by atoms with Crippen LogP contribution in [0.2, 0.25) is 0 Å². The highest BCUT2D eigenvalue weighted by molar-refractivity contribution is 7.84. The fourth-order valence-electron chi connectivity index (χ4n) is 1.92. The van der Waals surface area contributed by atoms with Crippen LogP contribution in [-0.2, 0) is 21.3 Å². The molecule has 0 aliphatic heterocycles. The summed E-state index contributed by atoms with van der Waals surface area (Å²) in [5.41, 5.74) is 3.57. The number of benzene rings is 1. The molecule has 0 fully saturated rings. The minimum Gasteiger partial charge on any atom is -0.349 e. The van der Waals surface area contributed by atoms with Crippen LogP contribution in [0.1, 0.15) is 29.5 Å². The molecule has 1 aromatic rings. The maximum Gasteiger partial charge on any atom is 0.222 e. The number of hydrogen-bond donors (Lipinski definition) is 0. The molecule has 0 aromatic heterocycles. The molecule has 1 amide bonds. The highest BCUT2D eigenvalue weighted by Crippen LogP contribution is 2.15. The van der Waals surface area contributed by atoms with Gasteiger partial charge < -0.3 is 4.90 Å². The number of amides is 1. The van der Waals surface area contributed by atoms with E-state index in [2.05, 4.69) is 26.0 Å². The number of aryl methyl sites for hydroxylation is 2. The van der Waals surface area contributed by atoms with Crippen LogP contribution in [0.3, 0.4) is 0 Å². The van der Waals surface area contributed by atoms with Crippen LogP contribution in [0.5, 0.6) is 0 Å². The summed E-state index contributed by atoms with van der Waals surface area (Å²) in [6.45, 7) is 4.10. The second-order valence-electron chi connectivity index (χ2n) is 5.05. The van der Waals surface area contributed by atoms with E-state index in [9.17, 15) is 9.00 Å². The molecule has 0 spiro atoms. The Morgan fingerprint density at radius 1 is 1.21 bits per heavy atom. The monoisotopic (exact) mass is 281 g/mol. The van der Waals surface area contributed by atoms with Crippen molar-refractivity contribution in [3.8, 4) is 0 Å². The van der Waals surface area contributed by atoms with Gasteiger partial charge in [-0.25, -0.2) is 0 Å². The zero-order valence-corrected chi connectivity index (χ0v) is 13.0. The second-order valence-corrected chi connectivity index (χ2v) is 6.63. The zero-order valence-electron chi connectivity index (χ0n) is 12.2. The van der Waals surface area contributed by atoms with Gasteiger partial charge in [-0.15, -0.1) is 0 Å². The van der Waals surface area contributed by atoms with E-state index in [1.54, 1.807) is 19.0 Å². The van der Waals surface area contributed by atoms with E-state index < -0.39 is 10.8 Å². The number of nitrogens with zero attached hydrogens (tertiary/aromatic N) is 1. The Hall–Kier alpha value is -1.16. The van der Waals surface area contributed by atoms with Gasteiger partial charge in [0.15, 0.2) is 0 Å². The SMILES string of the molecule is Cc1cccc(C)c1CS(=O)CCCC(=O)N(C)C. The van der Waals surface area contributed by atoms with Gasteiger partial charge in [-0.05, 0) is 37.0 Å². The normalized spacial score (nSPS) is 12.2. The molecule has 0 aliphatic rings. The lowest BCUT2D eigenvalue weighted by Gasteiger charge is -2.11. The molecule has 0 saturated carbocycles. The molecule has 19 heavy (non-hydrogen) atoms. The van der Waals surface area contributed by atoms with Crippen molar-refractivity contribution in [3.05, 3.63) is 34.9 Å². The van der Waals surface area contributed by atoms with Gasteiger partial charge in [-0.2, -0.15) is 0 Å². The minimum atomic E-state index is -0.892. The third kappa shape index (κ3) is 5.15. The van der Waals surface area contributed by atoms with E-state index in [0.717, 1.165) is 0 Å². The molecule has 1 atom stereocenters. The lowest BCUT2D eigenvalue weighted by Crippen LogP contribution is -2.21. The summed E-state index contributed by atoms with van der Waals surface area (Å²) in [7, 11) is 2.60. The fourth-order valence-corrected chi connectivity index (χ4v) is 3.31. The Balaban J connectivity index is 2.46. The average Bonchev–Trinajstić information content (AvgIpc) is 2.33. The summed E-state index contributed by atoms with van der Waals surface area (Å²) in [6.07, 6.45) is 1.17. The van der Waals surface area contributed by atoms with Crippen LogP contribution in [0, 0.1) is 13.8 Å². The Morgan fingerprint density at radius 3 is 2.32 bits per heavy atom. The van der Waals surface area contributed by atoms with E-state index in [1.807, 2.05) is 6.07 Å². The molecule has 0 N–H and O–H groups in total. The summed E-state index contributed by atoms with van der Waals surface area (Å²) in [5.74, 6) is 1.28. The van der Waals surface area contributed by atoms with Crippen molar-refractivity contribution in [2.75, 3.05) is 19.8 Å². The van der Waals surface area contributed by atoms with Crippen LogP contribution >= 0.6 is 0 Å². The quantitative estimate of drug-likeness (QED) is 0.803. The number of hydrogen-bond acceptors (Lipinski definition) is 2. The molecule has 0 aliphatic carbocycles. The topological polar surface area (TPSA) is 37.4 Å². The highest BCUT2D eigenvalue weighted by atomic mass is 32.2. The average molecular weight is 281 g/mol. The van der Waals surface area contributed by atoms with Crippen molar-refractivity contribution in [2.45, 2.75) is 32.4 Å². The van der Waals surface area contributed by atoms with Gasteiger partial charge in [0.05, 0.1) is 0 Å². The third-order valence-electron chi connectivity index (χ3n) is 3.21. The van der Waals surface area contributed by atoms with Crippen LogP contribution in [0.15, 0.2) is 18.2 Å². The summed E-state index contributed by atoms with van der Waals surface area (Å²) < 4.78 is 12.1. The maximum absolute atomic E-state index is 12.1. The first-order valence-corrected chi connectivity index (χ1v) is 8.01. The van der Waals surface area contributed by atoms with Gasteiger partial charge in [0.25, 0.3) is 0 Å². The van der Waals surface area contributed by atoms with Gasteiger partial charge in [0.1, 0.15) is 0 Å². The lowest BCUT2D eigenvalue weighted by molar-refractivity contribution is -0.128. The molecule has 1 aromatic carbocycles. The van der Waals surface area contributed by atoms with Gasteiger partial charge >= 0.3 is 0 Å². The molecule has 106 valence electrons. The van der Waals surface area contributed by atoms with Crippen molar-refractivity contribution >= 4 is 16.7 Å². The molecule has 4 heteroatoms. The predicted molar refractivity (Wildman–Crippen MR) is 80.6 cm³/mol. The Kier molecular flexibility index (Phi) is 6.22. The smallest absolute Gasteiger partial charge is 0.222 e. The van der Waals surface area contributed by atoms with Crippen molar-refractivity contribution < 1.29 is 9.00 Å². The second kappa shape index (κ2) is 7.43. The van der Waals surface area contributed by atoms with E-state index >= 15 is 0 Å². The molecule has 0 radical (unpaired) electrons. The maximum atomic E-state index is 12.1. The molecule has 0 saturated heterocycles. The number of rotatable bonds is 6. The Morgan fingerprint density at radius 2 is 1.79 bits per heavy atom. The van der Waals surface area contributed by atoms with Gasteiger partial charge in [0.2, 0.25) is 5.91 Å². The zero-order chi connectivity index (χ0) is 14.4. The van der Waals surface area contributed by atoms with E-state index in [0.29, 0.717) is 24.3 Å². The van der Waals surface area contributed by atoms with Crippen LogP contribution < -0.4 is 0 Å². The van der Waals surface area contributed by atoms with Crippen LogP contribution in [-0.4, -0.2) is 34.9 Å². The van der Waals surface area contributed by atoms with E-state index in [1.165, 1.54) is 16.7 Å². The molecular formula is C15H23NO2S. The molecule has 1 rings (SSSR count). The van der Waals surface area contributed by atoms with Gasteiger partial charge in [0, 0.05) is 42.8 Å². The molecule has 0 heterocycles. The van der Waals surface area contributed by atoms with E-state index in [-0.39, 0.29) is 5.91 Å². The van der Waals surface area contributed by atoms with Gasteiger partial charge in [-0.1, -0.05) is 18.2 Å². The van der Waals surface area contributed by atoms with Crippen molar-refractivity contribution in [3.63, 3.8) is 0 Å². The van der Waals surface area contributed by atoms with Crippen molar-refractivity contribution in [1.82, 2.24) is 4.90 Å². The highest BCUT2D eigenvalue weighted by Gasteiger charge is 2.09. The molecule has 0 bridgehead atoms.